The zero-order valence-corrected chi connectivity index (χ0v) is 11.5. The normalized spacial score (nSPS) is 10.7. The molecule has 0 fully saturated rings. The van der Waals surface area contributed by atoms with Crippen LogP contribution in [0, 0.1) is 0 Å². The van der Waals surface area contributed by atoms with E-state index in [1.807, 2.05) is 53.2 Å². The van der Waals surface area contributed by atoms with Gasteiger partial charge in [0.2, 0.25) is 0 Å². The molecule has 21 heavy (non-hydrogen) atoms. The predicted molar refractivity (Wildman–Crippen MR) is 81.7 cm³/mol. The molecular formula is C16H16N4O. The molecule has 0 unspecified atom stereocenters. The lowest BCUT2D eigenvalue weighted by Gasteiger charge is -2.07. The fraction of sp³-hybridized carbons (Fsp3) is 0.125. The fourth-order valence-electron chi connectivity index (χ4n) is 2.31. The fourth-order valence-corrected chi connectivity index (χ4v) is 2.31. The van der Waals surface area contributed by atoms with Gasteiger partial charge in [0, 0.05) is 23.7 Å². The average molecular weight is 280 g/mol. The number of H-pyrrole nitrogens is 1. The summed E-state index contributed by atoms with van der Waals surface area (Å²) in [7, 11) is 0. The first-order chi connectivity index (χ1) is 10.3. The van der Waals surface area contributed by atoms with Gasteiger partial charge in [0.05, 0.1) is 13.1 Å². The van der Waals surface area contributed by atoms with Crippen LogP contribution in [0.2, 0.25) is 0 Å². The van der Waals surface area contributed by atoms with Crippen molar-refractivity contribution in [2.24, 2.45) is 5.73 Å². The smallest absolute Gasteiger partial charge is 0.256 e. The van der Waals surface area contributed by atoms with Gasteiger partial charge in [-0.25, -0.2) is 4.98 Å². The van der Waals surface area contributed by atoms with Gasteiger partial charge in [0.15, 0.2) is 0 Å². The van der Waals surface area contributed by atoms with Crippen LogP contribution in [0.4, 0.5) is 0 Å². The maximum absolute atomic E-state index is 12.2. The first kappa shape index (κ1) is 13.3. The van der Waals surface area contributed by atoms with Crippen LogP contribution in [0.5, 0.6) is 0 Å². The van der Waals surface area contributed by atoms with Crippen molar-refractivity contribution in [3.63, 3.8) is 0 Å². The zero-order chi connectivity index (χ0) is 14.7. The first-order valence-electron chi connectivity index (χ1n) is 6.75. The maximum atomic E-state index is 12.2. The van der Waals surface area contributed by atoms with Crippen LogP contribution in [-0.4, -0.2) is 14.5 Å². The van der Waals surface area contributed by atoms with Crippen LogP contribution in [0.25, 0.3) is 11.1 Å². The molecule has 1 aromatic carbocycles. The lowest BCUT2D eigenvalue weighted by molar-refractivity contribution is 0.708. The number of aromatic nitrogens is 3. The molecule has 0 amide bonds. The highest BCUT2D eigenvalue weighted by atomic mass is 16.1. The molecule has 0 saturated carbocycles. The summed E-state index contributed by atoms with van der Waals surface area (Å²) in [4.78, 5) is 19.3. The van der Waals surface area contributed by atoms with Gasteiger partial charge in [-0.05, 0) is 17.7 Å². The van der Waals surface area contributed by atoms with Crippen molar-refractivity contribution in [1.82, 2.24) is 14.5 Å². The van der Waals surface area contributed by atoms with Crippen LogP contribution in [0.15, 0.2) is 59.7 Å². The minimum absolute atomic E-state index is 0.0897. The number of imidazole rings is 1. The van der Waals surface area contributed by atoms with E-state index >= 15 is 0 Å². The Morgan fingerprint density at radius 2 is 1.95 bits per heavy atom. The molecule has 0 aliphatic rings. The monoisotopic (exact) mass is 280 g/mol. The Labute approximate surface area is 122 Å². The maximum Gasteiger partial charge on any atom is 0.256 e. The quantitative estimate of drug-likeness (QED) is 0.764. The number of hydrogen-bond donors (Lipinski definition) is 2. The standard InChI is InChI=1S/C16H16N4O/c17-10-15-18-8-9-20(15)11-13-6-7-14(16(21)19-13)12-4-2-1-3-5-12/h1-9H,10-11,17H2,(H,19,21). The third-order valence-corrected chi connectivity index (χ3v) is 3.38. The van der Waals surface area contributed by atoms with Crippen molar-refractivity contribution in [1.29, 1.82) is 0 Å². The molecule has 3 N–H and O–H groups in total. The van der Waals surface area contributed by atoms with Crippen LogP contribution < -0.4 is 11.3 Å². The van der Waals surface area contributed by atoms with E-state index in [0.29, 0.717) is 18.7 Å². The number of nitrogens with zero attached hydrogens (tertiary/aromatic N) is 2. The topological polar surface area (TPSA) is 76.7 Å². The largest absolute Gasteiger partial charge is 0.328 e. The number of nitrogens with two attached hydrogens (primary N) is 1. The molecule has 0 bridgehead atoms. The minimum Gasteiger partial charge on any atom is -0.328 e. The number of rotatable bonds is 4. The minimum atomic E-state index is -0.0897. The molecule has 0 aliphatic heterocycles. The summed E-state index contributed by atoms with van der Waals surface area (Å²) >= 11 is 0. The Morgan fingerprint density at radius 1 is 1.14 bits per heavy atom. The second-order valence-electron chi connectivity index (χ2n) is 4.77. The lowest BCUT2D eigenvalue weighted by Crippen LogP contribution is -2.15. The Kier molecular flexibility index (Phi) is 3.66. The number of hydrogen-bond acceptors (Lipinski definition) is 3. The number of benzene rings is 1. The number of pyridine rings is 1. The Balaban J connectivity index is 1.90. The SMILES string of the molecule is NCc1nccn1Cc1ccc(-c2ccccc2)c(=O)[nH]1. The van der Waals surface area contributed by atoms with Crippen molar-refractivity contribution in [2.75, 3.05) is 0 Å². The van der Waals surface area contributed by atoms with Crippen LogP contribution >= 0.6 is 0 Å². The molecule has 5 nitrogen and oxygen atoms in total. The van der Waals surface area contributed by atoms with Crippen molar-refractivity contribution in [2.45, 2.75) is 13.1 Å². The first-order valence-corrected chi connectivity index (χ1v) is 6.75. The molecule has 0 saturated heterocycles. The van der Waals surface area contributed by atoms with E-state index in [4.69, 9.17) is 5.73 Å². The molecular weight excluding hydrogens is 264 g/mol. The van der Waals surface area contributed by atoms with Gasteiger partial charge in [-0.2, -0.15) is 0 Å². The van der Waals surface area contributed by atoms with Gasteiger partial charge in [-0.1, -0.05) is 30.3 Å². The average Bonchev–Trinajstić information content (AvgIpc) is 2.95. The van der Waals surface area contributed by atoms with Crippen molar-refractivity contribution < 1.29 is 0 Å². The summed E-state index contributed by atoms with van der Waals surface area (Å²) in [6.45, 7) is 0.927. The number of nitrogens with one attached hydrogen (secondary N) is 1. The Hall–Kier alpha value is -2.66. The van der Waals surface area contributed by atoms with Crippen LogP contribution in [0.3, 0.4) is 0 Å². The summed E-state index contributed by atoms with van der Waals surface area (Å²) in [6, 6.07) is 13.4. The van der Waals surface area contributed by atoms with E-state index < -0.39 is 0 Å². The molecule has 2 heterocycles. The van der Waals surface area contributed by atoms with E-state index in [9.17, 15) is 4.79 Å². The third-order valence-electron chi connectivity index (χ3n) is 3.38. The van der Waals surface area contributed by atoms with Gasteiger partial charge in [-0.15, -0.1) is 0 Å². The summed E-state index contributed by atoms with van der Waals surface area (Å²) in [5, 5.41) is 0. The summed E-state index contributed by atoms with van der Waals surface area (Å²) in [5.74, 6) is 0.794. The Morgan fingerprint density at radius 3 is 2.67 bits per heavy atom. The number of aromatic amines is 1. The molecule has 5 heteroatoms. The molecule has 3 aromatic rings. The van der Waals surface area contributed by atoms with Crippen LogP contribution in [0.1, 0.15) is 11.5 Å². The van der Waals surface area contributed by atoms with Crippen molar-refractivity contribution >= 4 is 0 Å². The zero-order valence-electron chi connectivity index (χ0n) is 11.5. The second-order valence-corrected chi connectivity index (χ2v) is 4.77. The molecule has 2 aromatic heterocycles. The highest BCUT2D eigenvalue weighted by Crippen LogP contribution is 2.14. The highest BCUT2D eigenvalue weighted by molar-refractivity contribution is 5.62. The molecule has 3 rings (SSSR count). The van der Waals surface area contributed by atoms with Crippen molar-refractivity contribution in [3.05, 3.63) is 76.7 Å². The molecule has 0 aliphatic carbocycles. The van der Waals surface area contributed by atoms with Gasteiger partial charge in [0.25, 0.3) is 5.56 Å². The van der Waals surface area contributed by atoms with Crippen molar-refractivity contribution in [3.8, 4) is 11.1 Å². The van der Waals surface area contributed by atoms with Gasteiger partial charge in [-0.3, -0.25) is 4.79 Å². The summed E-state index contributed by atoms with van der Waals surface area (Å²) in [5.41, 5.74) is 7.94. The van der Waals surface area contributed by atoms with E-state index in [1.165, 1.54) is 0 Å². The second kappa shape index (κ2) is 5.76. The molecule has 106 valence electrons. The summed E-state index contributed by atoms with van der Waals surface area (Å²) < 4.78 is 1.92. The van der Waals surface area contributed by atoms with Gasteiger partial charge >= 0.3 is 0 Å². The lowest BCUT2D eigenvalue weighted by atomic mass is 10.1. The van der Waals surface area contributed by atoms with Gasteiger partial charge in [0.1, 0.15) is 5.82 Å². The predicted octanol–water partition coefficient (Wildman–Crippen LogP) is 1.75. The molecule has 0 spiro atoms. The third kappa shape index (κ3) is 2.78. The van der Waals surface area contributed by atoms with E-state index in [2.05, 4.69) is 9.97 Å². The molecule has 0 radical (unpaired) electrons. The van der Waals surface area contributed by atoms with Gasteiger partial charge < -0.3 is 15.3 Å². The van der Waals surface area contributed by atoms with Crippen LogP contribution in [-0.2, 0) is 13.1 Å². The van der Waals surface area contributed by atoms with E-state index in [1.54, 1.807) is 6.20 Å². The summed E-state index contributed by atoms with van der Waals surface area (Å²) in [6.07, 6.45) is 3.56. The van der Waals surface area contributed by atoms with E-state index in [0.717, 1.165) is 17.1 Å². The highest BCUT2D eigenvalue weighted by Gasteiger charge is 2.06. The Bertz CT molecular complexity index is 789. The van der Waals surface area contributed by atoms with E-state index in [-0.39, 0.29) is 5.56 Å². The molecule has 0 atom stereocenters.